The van der Waals surface area contributed by atoms with Gasteiger partial charge in [-0.25, -0.2) is 0 Å². The molecule has 1 aromatic carbocycles. The van der Waals surface area contributed by atoms with Crippen molar-refractivity contribution >= 4 is 35.0 Å². The molecule has 1 saturated heterocycles. The van der Waals surface area contributed by atoms with Crippen LogP contribution in [0.3, 0.4) is 0 Å². The average Bonchev–Trinajstić information content (AvgIpc) is 2.40. The van der Waals surface area contributed by atoms with Gasteiger partial charge in [-0.1, -0.05) is 17.7 Å². The maximum Gasteiger partial charge on any atom is 0.234 e. The van der Waals surface area contributed by atoms with Gasteiger partial charge in [-0.2, -0.15) is 11.8 Å². The molecular weight excluding hydrogens is 280 g/mol. The van der Waals surface area contributed by atoms with Crippen molar-refractivity contribution in [3.8, 4) is 0 Å². The van der Waals surface area contributed by atoms with E-state index < -0.39 is 0 Å². The molecule has 2 N–H and O–H groups in total. The number of halogens is 1. The van der Waals surface area contributed by atoms with Gasteiger partial charge in [0, 0.05) is 10.7 Å². The van der Waals surface area contributed by atoms with Crippen molar-refractivity contribution in [2.24, 2.45) is 5.92 Å². The van der Waals surface area contributed by atoms with E-state index in [-0.39, 0.29) is 5.91 Å². The Morgan fingerprint density at radius 1 is 1.42 bits per heavy atom. The molecule has 1 aromatic rings. The van der Waals surface area contributed by atoms with E-state index in [0.717, 1.165) is 30.4 Å². The molecule has 104 valence electrons. The summed E-state index contributed by atoms with van der Waals surface area (Å²) in [5.74, 6) is 2.38. The standard InChI is InChI=1S/C14H19ClN2OS/c15-12-2-1-3-13(8-12)17-14(18)10-19-9-11-4-6-16-7-5-11/h1-3,8,11,16H,4-7,9-10H2,(H,17,18). The van der Waals surface area contributed by atoms with Crippen molar-refractivity contribution in [2.75, 3.05) is 29.9 Å². The first-order valence-electron chi connectivity index (χ1n) is 6.58. The van der Waals surface area contributed by atoms with Crippen molar-refractivity contribution in [3.05, 3.63) is 29.3 Å². The van der Waals surface area contributed by atoms with E-state index in [1.165, 1.54) is 12.8 Å². The molecule has 0 aromatic heterocycles. The summed E-state index contributed by atoms with van der Waals surface area (Å²) in [4.78, 5) is 11.8. The lowest BCUT2D eigenvalue weighted by atomic mass is 10.0. The topological polar surface area (TPSA) is 41.1 Å². The van der Waals surface area contributed by atoms with Crippen LogP contribution in [0.5, 0.6) is 0 Å². The Labute approximate surface area is 123 Å². The van der Waals surface area contributed by atoms with Crippen molar-refractivity contribution in [1.29, 1.82) is 0 Å². The third-order valence-corrected chi connectivity index (χ3v) is 4.56. The summed E-state index contributed by atoms with van der Waals surface area (Å²) in [6, 6.07) is 7.24. The number of hydrogen-bond acceptors (Lipinski definition) is 3. The second-order valence-corrected chi connectivity index (χ2v) is 6.23. The smallest absolute Gasteiger partial charge is 0.234 e. The third-order valence-electron chi connectivity index (χ3n) is 3.15. The van der Waals surface area contributed by atoms with Crippen LogP contribution in [0.4, 0.5) is 5.69 Å². The summed E-state index contributed by atoms with van der Waals surface area (Å²) in [6.07, 6.45) is 2.45. The fourth-order valence-electron chi connectivity index (χ4n) is 2.13. The van der Waals surface area contributed by atoms with Crippen molar-refractivity contribution in [1.82, 2.24) is 5.32 Å². The lowest BCUT2D eigenvalue weighted by Crippen LogP contribution is -2.29. The molecular formula is C14H19ClN2OS. The molecule has 1 aliphatic heterocycles. The number of carbonyl (C=O) groups is 1. The predicted molar refractivity (Wildman–Crippen MR) is 83.0 cm³/mol. The first-order valence-corrected chi connectivity index (χ1v) is 8.11. The molecule has 0 bridgehead atoms. The lowest BCUT2D eigenvalue weighted by molar-refractivity contribution is -0.113. The quantitative estimate of drug-likeness (QED) is 0.878. The largest absolute Gasteiger partial charge is 0.325 e. The van der Waals surface area contributed by atoms with E-state index in [1.807, 2.05) is 12.1 Å². The van der Waals surface area contributed by atoms with Crippen molar-refractivity contribution in [2.45, 2.75) is 12.8 Å². The SMILES string of the molecule is O=C(CSCC1CCNCC1)Nc1cccc(Cl)c1. The number of carbonyl (C=O) groups excluding carboxylic acids is 1. The average molecular weight is 299 g/mol. The summed E-state index contributed by atoms with van der Waals surface area (Å²) in [7, 11) is 0. The van der Waals surface area contributed by atoms with Gasteiger partial charge in [0.05, 0.1) is 5.75 Å². The summed E-state index contributed by atoms with van der Waals surface area (Å²) in [6.45, 7) is 2.22. The Morgan fingerprint density at radius 2 is 2.21 bits per heavy atom. The van der Waals surface area contributed by atoms with Gasteiger partial charge < -0.3 is 10.6 Å². The van der Waals surface area contributed by atoms with Crippen LogP contribution in [-0.4, -0.2) is 30.5 Å². The minimum absolute atomic E-state index is 0.0428. The Hall–Kier alpha value is -0.710. The highest BCUT2D eigenvalue weighted by molar-refractivity contribution is 7.99. The van der Waals surface area contributed by atoms with Gasteiger partial charge in [-0.05, 0) is 55.8 Å². The highest BCUT2D eigenvalue weighted by Gasteiger charge is 2.13. The Morgan fingerprint density at radius 3 is 2.95 bits per heavy atom. The molecule has 1 aliphatic rings. The molecule has 0 radical (unpaired) electrons. The van der Waals surface area contributed by atoms with Gasteiger partial charge in [0.1, 0.15) is 0 Å². The van der Waals surface area contributed by atoms with Crippen LogP contribution in [0.1, 0.15) is 12.8 Å². The van der Waals surface area contributed by atoms with E-state index in [2.05, 4.69) is 10.6 Å². The minimum atomic E-state index is 0.0428. The molecule has 0 unspecified atom stereocenters. The Kier molecular flexibility index (Phi) is 6.01. The lowest BCUT2D eigenvalue weighted by Gasteiger charge is -2.21. The zero-order valence-corrected chi connectivity index (χ0v) is 12.4. The molecule has 0 spiro atoms. The van der Waals surface area contributed by atoms with Crippen LogP contribution in [0.25, 0.3) is 0 Å². The van der Waals surface area contributed by atoms with E-state index in [1.54, 1.807) is 23.9 Å². The summed E-state index contributed by atoms with van der Waals surface area (Å²) in [5.41, 5.74) is 0.764. The van der Waals surface area contributed by atoms with Gasteiger partial charge in [0.2, 0.25) is 5.91 Å². The molecule has 1 amide bonds. The fourth-order valence-corrected chi connectivity index (χ4v) is 3.36. The molecule has 0 aliphatic carbocycles. The first-order chi connectivity index (χ1) is 9.24. The number of rotatable bonds is 5. The van der Waals surface area contributed by atoms with Crippen LogP contribution < -0.4 is 10.6 Å². The first kappa shape index (κ1) is 14.7. The molecule has 1 heterocycles. The predicted octanol–water partition coefficient (Wildman–Crippen LogP) is 3.01. The molecule has 3 nitrogen and oxygen atoms in total. The van der Waals surface area contributed by atoms with Crippen LogP contribution in [0, 0.1) is 5.92 Å². The Bertz CT molecular complexity index is 422. The maximum absolute atomic E-state index is 11.8. The summed E-state index contributed by atoms with van der Waals surface area (Å²) in [5, 5.41) is 6.85. The third kappa shape index (κ3) is 5.43. The number of benzene rings is 1. The van der Waals surface area contributed by atoms with E-state index >= 15 is 0 Å². The summed E-state index contributed by atoms with van der Waals surface area (Å²) >= 11 is 7.59. The van der Waals surface area contributed by atoms with Crippen LogP contribution in [-0.2, 0) is 4.79 Å². The molecule has 5 heteroatoms. The van der Waals surface area contributed by atoms with Gasteiger partial charge in [-0.15, -0.1) is 0 Å². The molecule has 0 atom stereocenters. The van der Waals surface area contributed by atoms with Gasteiger partial charge in [-0.3, -0.25) is 4.79 Å². The van der Waals surface area contributed by atoms with E-state index in [9.17, 15) is 4.79 Å². The zero-order chi connectivity index (χ0) is 13.5. The molecule has 0 saturated carbocycles. The number of anilines is 1. The fraction of sp³-hybridized carbons (Fsp3) is 0.500. The number of hydrogen-bond donors (Lipinski definition) is 2. The highest BCUT2D eigenvalue weighted by atomic mass is 35.5. The molecule has 2 rings (SSSR count). The van der Waals surface area contributed by atoms with Gasteiger partial charge in [0.15, 0.2) is 0 Å². The van der Waals surface area contributed by atoms with E-state index in [4.69, 9.17) is 11.6 Å². The second-order valence-electron chi connectivity index (χ2n) is 4.77. The zero-order valence-electron chi connectivity index (χ0n) is 10.8. The summed E-state index contributed by atoms with van der Waals surface area (Å²) < 4.78 is 0. The van der Waals surface area contributed by atoms with Gasteiger partial charge in [0.25, 0.3) is 0 Å². The second kappa shape index (κ2) is 7.78. The number of amides is 1. The maximum atomic E-state index is 11.8. The van der Waals surface area contributed by atoms with Crippen molar-refractivity contribution < 1.29 is 4.79 Å². The van der Waals surface area contributed by atoms with Crippen LogP contribution in [0.15, 0.2) is 24.3 Å². The normalized spacial score (nSPS) is 16.3. The van der Waals surface area contributed by atoms with Crippen molar-refractivity contribution in [3.63, 3.8) is 0 Å². The number of piperidine rings is 1. The molecule has 1 fully saturated rings. The number of nitrogens with one attached hydrogen (secondary N) is 2. The minimum Gasteiger partial charge on any atom is -0.325 e. The molecule has 19 heavy (non-hydrogen) atoms. The Balaban J connectivity index is 1.67. The highest BCUT2D eigenvalue weighted by Crippen LogP contribution is 2.19. The van der Waals surface area contributed by atoms with Gasteiger partial charge >= 0.3 is 0 Å². The van der Waals surface area contributed by atoms with Crippen LogP contribution >= 0.6 is 23.4 Å². The monoisotopic (exact) mass is 298 g/mol. The van der Waals surface area contributed by atoms with E-state index in [0.29, 0.717) is 10.8 Å². The number of thioether (sulfide) groups is 1. The van der Waals surface area contributed by atoms with Crippen LogP contribution in [0.2, 0.25) is 5.02 Å².